The molecule has 0 bridgehead atoms. The van der Waals surface area contributed by atoms with Gasteiger partial charge in [0.2, 0.25) is 0 Å². The zero-order valence-corrected chi connectivity index (χ0v) is 8.90. The van der Waals surface area contributed by atoms with E-state index in [-0.39, 0.29) is 5.97 Å². The van der Waals surface area contributed by atoms with Crippen LogP contribution in [-0.4, -0.2) is 17.6 Å². The van der Waals surface area contributed by atoms with Gasteiger partial charge >= 0.3 is 5.97 Å². The molecule has 0 unspecified atom stereocenters. The number of pyridine rings is 1. The second-order valence-electron chi connectivity index (χ2n) is 3.21. The second kappa shape index (κ2) is 6.01. The topological polar surface area (TPSA) is 65.2 Å². The Morgan fingerprint density at radius 3 is 3.00 bits per heavy atom. The molecule has 4 heteroatoms. The molecule has 0 amide bonds. The molecule has 0 spiro atoms. The van der Waals surface area contributed by atoms with Gasteiger partial charge in [0.1, 0.15) is 5.82 Å². The summed E-state index contributed by atoms with van der Waals surface area (Å²) in [5.74, 6) is 0.366. The third-order valence-electron chi connectivity index (χ3n) is 1.95. The normalized spacial score (nSPS) is 9.93. The highest BCUT2D eigenvalue weighted by Gasteiger charge is 2.02. The molecule has 0 saturated heterocycles. The van der Waals surface area contributed by atoms with Crippen LogP contribution in [-0.2, 0) is 16.0 Å². The van der Waals surface area contributed by atoms with E-state index in [4.69, 9.17) is 10.5 Å². The predicted octanol–water partition coefficient (Wildman–Crippen LogP) is 1.55. The number of aromatic nitrogens is 1. The summed E-state index contributed by atoms with van der Waals surface area (Å²) in [7, 11) is 0. The van der Waals surface area contributed by atoms with Gasteiger partial charge < -0.3 is 10.5 Å². The van der Waals surface area contributed by atoms with E-state index in [1.54, 1.807) is 13.0 Å². The van der Waals surface area contributed by atoms with Crippen molar-refractivity contribution in [3.8, 4) is 0 Å². The Balaban J connectivity index is 2.28. The van der Waals surface area contributed by atoms with Crippen LogP contribution in [0.5, 0.6) is 0 Å². The fourth-order valence-corrected chi connectivity index (χ4v) is 1.28. The maximum absolute atomic E-state index is 11.0. The SMILES string of the molecule is CCOC(=O)CCCc1cccc(N)n1. The van der Waals surface area contributed by atoms with Crippen LogP contribution in [0.2, 0.25) is 0 Å². The highest BCUT2D eigenvalue weighted by molar-refractivity contribution is 5.69. The highest BCUT2D eigenvalue weighted by atomic mass is 16.5. The third-order valence-corrected chi connectivity index (χ3v) is 1.95. The molecule has 1 aromatic heterocycles. The minimum atomic E-state index is -0.151. The molecule has 0 aromatic carbocycles. The second-order valence-corrected chi connectivity index (χ2v) is 3.21. The highest BCUT2D eigenvalue weighted by Crippen LogP contribution is 2.05. The summed E-state index contributed by atoms with van der Waals surface area (Å²) in [6.45, 7) is 2.24. The summed E-state index contributed by atoms with van der Waals surface area (Å²) in [4.78, 5) is 15.2. The van der Waals surface area contributed by atoms with Crippen molar-refractivity contribution >= 4 is 11.8 Å². The van der Waals surface area contributed by atoms with Gasteiger partial charge in [-0.25, -0.2) is 4.98 Å². The summed E-state index contributed by atoms with van der Waals surface area (Å²) >= 11 is 0. The van der Waals surface area contributed by atoms with Crippen LogP contribution in [0.25, 0.3) is 0 Å². The van der Waals surface area contributed by atoms with E-state index in [9.17, 15) is 4.79 Å². The van der Waals surface area contributed by atoms with E-state index in [1.165, 1.54) is 0 Å². The molecule has 1 heterocycles. The van der Waals surface area contributed by atoms with E-state index >= 15 is 0 Å². The number of carbonyl (C=O) groups is 1. The van der Waals surface area contributed by atoms with Crippen molar-refractivity contribution in [2.45, 2.75) is 26.2 Å². The van der Waals surface area contributed by atoms with Gasteiger partial charge in [-0.2, -0.15) is 0 Å². The summed E-state index contributed by atoms with van der Waals surface area (Å²) in [6.07, 6.45) is 1.93. The fraction of sp³-hybridized carbons (Fsp3) is 0.455. The Kier molecular flexibility index (Phi) is 4.60. The summed E-state index contributed by atoms with van der Waals surface area (Å²) in [5, 5.41) is 0. The van der Waals surface area contributed by atoms with Crippen LogP contribution in [0.1, 0.15) is 25.5 Å². The molecule has 1 rings (SSSR count). The Morgan fingerprint density at radius 2 is 2.33 bits per heavy atom. The van der Waals surface area contributed by atoms with E-state index in [1.807, 2.05) is 12.1 Å². The largest absolute Gasteiger partial charge is 0.466 e. The zero-order valence-electron chi connectivity index (χ0n) is 8.90. The van der Waals surface area contributed by atoms with Crippen LogP contribution < -0.4 is 5.73 Å². The van der Waals surface area contributed by atoms with Gasteiger partial charge in [-0.1, -0.05) is 6.07 Å². The Bertz CT molecular complexity index is 326. The molecule has 0 radical (unpaired) electrons. The van der Waals surface area contributed by atoms with Gasteiger partial charge in [-0.05, 0) is 31.9 Å². The first kappa shape index (κ1) is 11.5. The molecular weight excluding hydrogens is 192 g/mol. The molecular formula is C11H16N2O2. The van der Waals surface area contributed by atoms with Crippen molar-refractivity contribution in [2.24, 2.45) is 0 Å². The van der Waals surface area contributed by atoms with Crippen molar-refractivity contribution in [3.63, 3.8) is 0 Å². The lowest BCUT2D eigenvalue weighted by Gasteiger charge is -2.02. The molecule has 0 aliphatic carbocycles. The Morgan fingerprint density at radius 1 is 1.53 bits per heavy atom. The molecule has 0 aliphatic heterocycles. The monoisotopic (exact) mass is 208 g/mol. The minimum Gasteiger partial charge on any atom is -0.466 e. The number of anilines is 1. The van der Waals surface area contributed by atoms with Gasteiger partial charge in [0, 0.05) is 12.1 Å². The number of hydrogen-bond acceptors (Lipinski definition) is 4. The average molecular weight is 208 g/mol. The molecule has 0 atom stereocenters. The molecule has 4 nitrogen and oxygen atoms in total. The van der Waals surface area contributed by atoms with Crippen molar-refractivity contribution in [2.75, 3.05) is 12.3 Å². The predicted molar refractivity (Wildman–Crippen MR) is 58.2 cm³/mol. The van der Waals surface area contributed by atoms with Gasteiger partial charge in [-0.3, -0.25) is 4.79 Å². The standard InChI is InChI=1S/C11H16N2O2/c1-2-15-11(14)8-4-6-9-5-3-7-10(12)13-9/h3,5,7H,2,4,6,8H2,1H3,(H2,12,13). The van der Waals surface area contributed by atoms with Gasteiger partial charge in [0.25, 0.3) is 0 Å². The average Bonchev–Trinajstić information content (AvgIpc) is 2.18. The van der Waals surface area contributed by atoms with Crippen molar-refractivity contribution < 1.29 is 9.53 Å². The Labute approximate surface area is 89.5 Å². The number of esters is 1. The molecule has 0 aliphatic rings. The van der Waals surface area contributed by atoms with E-state index in [0.29, 0.717) is 18.8 Å². The molecule has 15 heavy (non-hydrogen) atoms. The number of aryl methyl sites for hydroxylation is 1. The van der Waals surface area contributed by atoms with E-state index in [2.05, 4.69) is 4.98 Å². The van der Waals surface area contributed by atoms with Gasteiger partial charge in [-0.15, -0.1) is 0 Å². The number of nitrogens with two attached hydrogens (primary N) is 1. The summed E-state index contributed by atoms with van der Waals surface area (Å²) < 4.78 is 4.82. The maximum Gasteiger partial charge on any atom is 0.305 e. The molecule has 2 N–H and O–H groups in total. The van der Waals surface area contributed by atoms with Crippen LogP contribution in [0, 0.1) is 0 Å². The number of hydrogen-bond donors (Lipinski definition) is 1. The lowest BCUT2D eigenvalue weighted by molar-refractivity contribution is -0.143. The summed E-state index contributed by atoms with van der Waals surface area (Å²) in [5.41, 5.74) is 6.45. The Hall–Kier alpha value is -1.58. The minimum absolute atomic E-state index is 0.151. The molecule has 82 valence electrons. The van der Waals surface area contributed by atoms with Gasteiger partial charge in [0.05, 0.1) is 6.61 Å². The number of rotatable bonds is 5. The van der Waals surface area contributed by atoms with Crippen LogP contribution >= 0.6 is 0 Å². The lowest BCUT2D eigenvalue weighted by Crippen LogP contribution is -2.04. The van der Waals surface area contributed by atoms with Gasteiger partial charge in [0.15, 0.2) is 0 Å². The fourth-order valence-electron chi connectivity index (χ4n) is 1.28. The number of nitrogens with zero attached hydrogens (tertiary/aromatic N) is 1. The number of ether oxygens (including phenoxy) is 1. The lowest BCUT2D eigenvalue weighted by atomic mass is 10.2. The maximum atomic E-state index is 11.0. The van der Waals surface area contributed by atoms with Crippen LogP contribution in [0.15, 0.2) is 18.2 Å². The zero-order chi connectivity index (χ0) is 11.1. The first-order chi connectivity index (χ1) is 7.22. The van der Waals surface area contributed by atoms with E-state index < -0.39 is 0 Å². The van der Waals surface area contributed by atoms with E-state index in [0.717, 1.165) is 18.5 Å². The quantitative estimate of drug-likeness (QED) is 0.745. The summed E-state index contributed by atoms with van der Waals surface area (Å²) in [6, 6.07) is 5.51. The van der Waals surface area contributed by atoms with Crippen molar-refractivity contribution in [1.82, 2.24) is 4.98 Å². The number of carbonyl (C=O) groups excluding carboxylic acids is 1. The van der Waals surface area contributed by atoms with Crippen molar-refractivity contribution in [1.29, 1.82) is 0 Å². The third kappa shape index (κ3) is 4.44. The first-order valence-electron chi connectivity index (χ1n) is 5.09. The molecule has 1 aromatic rings. The first-order valence-corrected chi connectivity index (χ1v) is 5.09. The molecule has 0 saturated carbocycles. The smallest absolute Gasteiger partial charge is 0.305 e. The van der Waals surface area contributed by atoms with Crippen LogP contribution in [0.4, 0.5) is 5.82 Å². The van der Waals surface area contributed by atoms with Crippen molar-refractivity contribution in [3.05, 3.63) is 23.9 Å². The van der Waals surface area contributed by atoms with Crippen LogP contribution in [0.3, 0.4) is 0 Å². The number of nitrogen functional groups attached to an aromatic ring is 1. The molecule has 0 fully saturated rings.